The number of thiazole rings is 1. The maximum atomic E-state index is 13.7. The summed E-state index contributed by atoms with van der Waals surface area (Å²) in [5, 5.41) is 5.82. The first-order chi connectivity index (χ1) is 14.0. The molecule has 3 heterocycles. The van der Waals surface area contributed by atoms with Gasteiger partial charge in [0, 0.05) is 37.1 Å². The number of hydrogen-bond donors (Lipinski definition) is 2. The summed E-state index contributed by atoms with van der Waals surface area (Å²) in [5.74, 6) is -2.06. The molecule has 0 aliphatic carbocycles. The average molecular weight is 422 g/mol. The largest absolute Gasteiger partial charge is 0.368 e. The molecule has 1 fully saturated rings. The fourth-order valence-corrected chi connectivity index (χ4v) is 4.44. The van der Waals surface area contributed by atoms with Gasteiger partial charge in [0.05, 0.1) is 17.9 Å². The van der Waals surface area contributed by atoms with Crippen molar-refractivity contribution in [3.63, 3.8) is 0 Å². The Bertz CT molecular complexity index is 930. The number of carbonyl (C=O) groups excluding carboxylic acids is 2. The Morgan fingerprint density at radius 1 is 1.31 bits per heavy atom. The Hall–Kier alpha value is -2.43. The molecule has 0 spiro atoms. The van der Waals surface area contributed by atoms with Gasteiger partial charge in [-0.3, -0.25) is 19.8 Å². The first-order valence-electron chi connectivity index (χ1n) is 9.36. The summed E-state index contributed by atoms with van der Waals surface area (Å²) in [7, 11) is 0. The van der Waals surface area contributed by atoms with Crippen LogP contribution in [0.25, 0.3) is 0 Å². The Morgan fingerprint density at radius 3 is 2.93 bits per heavy atom. The molecule has 2 aliphatic rings. The fraction of sp³-hybridized carbons (Fsp3) is 0.421. The van der Waals surface area contributed by atoms with Crippen molar-refractivity contribution in [3.8, 4) is 0 Å². The van der Waals surface area contributed by atoms with Gasteiger partial charge < -0.3 is 10.1 Å². The van der Waals surface area contributed by atoms with Gasteiger partial charge in [-0.15, -0.1) is 11.3 Å². The molecule has 2 aliphatic heterocycles. The molecule has 4 rings (SSSR count). The first kappa shape index (κ1) is 19.9. The molecule has 2 aromatic rings. The average Bonchev–Trinajstić information content (AvgIpc) is 3.33. The summed E-state index contributed by atoms with van der Waals surface area (Å²) in [6.45, 7) is 1.81. The summed E-state index contributed by atoms with van der Waals surface area (Å²) in [5.41, 5.74) is 0.866. The second-order valence-electron chi connectivity index (χ2n) is 7.01. The highest BCUT2D eigenvalue weighted by atomic mass is 32.1. The van der Waals surface area contributed by atoms with Crippen LogP contribution in [0.5, 0.6) is 0 Å². The number of benzene rings is 1. The van der Waals surface area contributed by atoms with Crippen molar-refractivity contribution in [3.05, 3.63) is 40.4 Å². The topological polar surface area (TPSA) is 83.6 Å². The number of nitrogens with zero attached hydrogens (tertiary/aromatic N) is 2. The molecule has 0 radical (unpaired) electrons. The Kier molecular flexibility index (Phi) is 5.84. The van der Waals surface area contributed by atoms with Gasteiger partial charge in [-0.25, -0.2) is 13.8 Å². The van der Waals surface area contributed by atoms with E-state index in [1.54, 1.807) is 0 Å². The highest BCUT2D eigenvalue weighted by Gasteiger charge is 2.26. The first-order valence-corrected chi connectivity index (χ1v) is 10.2. The van der Waals surface area contributed by atoms with E-state index in [9.17, 15) is 18.4 Å². The molecule has 29 heavy (non-hydrogen) atoms. The van der Waals surface area contributed by atoms with Crippen LogP contribution in [-0.2, 0) is 27.3 Å². The molecular weight excluding hydrogens is 402 g/mol. The quantitative estimate of drug-likeness (QED) is 0.774. The number of nitrogens with one attached hydrogen (secondary N) is 2. The minimum Gasteiger partial charge on any atom is -0.368 e. The van der Waals surface area contributed by atoms with E-state index >= 15 is 0 Å². The zero-order chi connectivity index (χ0) is 20.4. The van der Waals surface area contributed by atoms with Crippen LogP contribution in [0.2, 0.25) is 0 Å². The third kappa shape index (κ3) is 4.77. The van der Waals surface area contributed by atoms with Gasteiger partial charge in [0.15, 0.2) is 5.13 Å². The molecule has 7 nitrogen and oxygen atoms in total. The standard InChI is InChI=1S/C19H20F2N4O3S/c20-11-3-4-13(12(21)8-11)22-17(26)10-25-6-5-14-16(9-25)29-19(23-14)24-18(27)15-2-1-7-28-15/h3-4,8,15H,1-2,5-7,9-10H2,(H,22,26)(H,23,24,27). The number of anilines is 2. The van der Waals surface area contributed by atoms with Gasteiger partial charge in [-0.2, -0.15) is 0 Å². The van der Waals surface area contributed by atoms with E-state index < -0.39 is 17.7 Å². The molecular formula is C19H20F2N4O3S. The summed E-state index contributed by atoms with van der Waals surface area (Å²) >= 11 is 1.39. The Labute approximate surface area is 170 Å². The van der Waals surface area contributed by atoms with E-state index in [-0.39, 0.29) is 24.0 Å². The van der Waals surface area contributed by atoms with Crippen LogP contribution in [0.4, 0.5) is 19.6 Å². The van der Waals surface area contributed by atoms with Gasteiger partial charge in [0.25, 0.3) is 5.91 Å². The fourth-order valence-electron chi connectivity index (χ4n) is 3.39. The van der Waals surface area contributed by atoms with Crippen molar-refractivity contribution in [2.75, 3.05) is 30.3 Å². The zero-order valence-corrected chi connectivity index (χ0v) is 16.4. The summed E-state index contributed by atoms with van der Waals surface area (Å²) < 4.78 is 32.0. The lowest BCUT2D eigenvalue weighted by Crippen LogP contribution is -2.36. The van der Waals surface area contributed by atoms with Gasteiger partial charge in [0.2, 0.25) is 5.91 Å². The van der Waals surface area contributed by atoms with Crippen molar-refractivity contribution in [2.45, 2.75) is 31.9 Å². The monoisotopic (exact) mass is 422 g/mol. The number of hydrogen-bond acceptors (Lipinski definition) is 6. The zero-order valence-electron chi connectivity index (χ0n) is 15.5. The molecule has 154 valence electrons. The molecule has 0 bridgehead atoms. The molecule has 1 saturated heterocycles. The number of fused-ring (bicyclic) bond motifs is 1. The number of ether oxygens (including phenoxy) is 1. The van der Waals surface area contributed by atoms with E-state index in [1.807, 2.05) is 4.90 Å². The number of amides is 2. The maximum Gasteiger partial charge on any atom is 0.255 e. The van der Waals surface area contributed by atoms with E-state index in [1.165, 1.54) is 17.4 Å². The van der Waals surface area contributed by atoms with E-state index in [4.69, 9.17) is 4.74 Å². The van der Waals surface area contributed by atoms with E-state index in [0.29, 0.717) is 37.7 Å². The van der Waals surface area contributed by atoms with Crippen molar-refractivity contribution >= 4 is 34.0 Å². The van der Waals surface area contributed by atoms with Crippen molar-refractivity contribution in [2.24, 2.45) is 0 Å². The van der Waals surface area contributed by atoms with Crippen molar-refractivity contribution in [1.82, 2.24) is 9.88 Å². The molecule has 2 amide bonds. The third-order valence-electron chi connectivity index (χ3n) is 4.83. The normalized spacial score (nSPS) is 19.0. The van der Waals surface area contributed by atoms with Crippen molar-refractivity contribution < 1.29 is 23.1 Å². The third-order valence-corrected chi connectivity index (χ3v) is 5.83. The molecule has 1 unspecified atom stereocenters. The SMILES string of the molecule is O=C(CN1CCc2nc(NC(=O)C3CCCO3)sc2C1)Nc1ccc(F)cc1F. The maximum absolute atomic E-state index is 13.7. The lowest BCUT2D eigenvalue weighted by molar-refractivity contribution is -0.124. The lowest BCUT2D eigenvalue weighted by Gasteiger charge is -2.25. The summed E-state index contributed by atoms with van der Waals surface area (Å²) in [6, 6.07) is 3.02. The van der Waals surface area contributed by atoms with Crippen LogP contribution in [0.15, 0.2) is 18.2 Å². The Balaban J connectivity index is 1.33. The number of carbonyl (C=O) groups is 2. The lowest BCUT2D eigenvalue weighted by atomic mass is 10.2. The molecule has 10 heteroatoms. The number of aromatic nitrogens is 1. The second-order valence-corrected chi connectivity index (χ2v) is 8.10. The van der Waals surface area contributed by atoms with Crippen LogP contribution >= 0.6 is 11.3 Å². The van der Waals surface area contributed by atoms with E-state index in [2.05, 4.69) is 15.6 Å². The minimum absolute atomic E-state index is 0.0500. The van der Waals surface area contributed by atoms with E-state index in [0.717, 1.165) is 29.1 Å². The molecule has 1 aromatic heterocycles. The van der Waals surface area contributed by atoms with Crippen LogP contribution in [0.1, 0.15) is 23.4 Å². The summed E-state index contributed by atoms with van der Waals surface area (Å²) in [6.07, 6.45) is 1.84. The molecule has 1 atom stereocenters. The Morgan fingerprint density at radius 2 is 2.17 bits per heavy atom. The molecule has 2 N–H and O–H groups in total. The van der Waals surface area contributed by atoms with Gasteiger partial charge in [-0.05, 0) is 25.0 Å². The highest BCUT2D eigenvalue weighted by molar-refractivity contribution is 7.15. The highest BCUT2D eigenvalue weighted by Crippen LogP contribution is 2.29. The van der Waals surface area contributed by atoms with Gasteiger partial charge in [0.1, 0.15) is 17.7 Å². The van der Waals surface area contributed by atoms with Gasteiger partial charge >= 0.3 is 0 Å². The van der Waals surface area contributed by atoms with Crippen molar-refractivity contribution in [1.29, 1.82) is 0 Å². The number of halogens is 2. The molecule has 0 saturated carbocycles. The predicted octanol–water partition coefficient (Wildman–Crippen LogP) is 2.54. The second kappa shape index (κ2) is 8.52. The summed E-state index contributed by atoms with van der Waals surface area (Å²) in [4.78, 5) is 31.8. The van der Waals surface area contributed by atoms with Crippen LogP contribution < -0.4 is 10.6 Å². The van der Waals surface area contributed by atoms with Crippen LogP contribution in [0, 0.1) is 11.6 Å². The smallest absolute Gasteiger partial charge is 0.255 e. The minimum atomic E-state index is -0.812. The molecule has 1 aromatic carbocycles. The van der Waals surface area contributed by atoms with Crippen LogP contribution in [-0.4, -0.2) is 47.5 Å². The predicted molar refractivity (Wildman–Crippen MR) is 104 cm³/mol. The van der Waals surface area contributed by atoms with Gasteiger partial charge in [-0.1, -0.05) is 0 Å². The van der Waals surface area contributed by atoms with Crippen LogP contribution in [0.3, 0.4) is 0 Å². The number of rotatable bonds is 5.